The van der Waals surface area contributed by atoms with Crippen molar-refractivity contribution in [1.82, 2.24) is 20.5 Å². The first-order valence-electron chi connectivity index (χ1n) is 6.67. The van der Waals surface area contributed by atoms with E-state index in [2.05, 4.69) is 25.8 Å². The van der Waals surface area contributed by atoms with Crippen molar-refractivity contribution in [3.05, 3.63) is 30.1 Å². The van der Waals surface area contributed by atoms with E-state index < -0.39 is 5.54 Å². The van der Waals surface area contributed by atoms with E-state index in [-0.39, 0.29) is 6.03 Å². The summed E-state index contributed by atoms with van der Waals surface area (Å²) in [7, 11) is 0. The topological polar surface area (TPSA) is 109 Å². The first kappa shape index (κ1) is 15.0. The lowest BCUT2D eigenvalue weighted by atomic mass is 10.1. The third kappa shape index (κ3) is 4.57. The van der Waals surface area contributed by atoms with E-state index in [0.717, 1.165) is 11.4 Å². The Kier molecular flexibility index (Phi) is 4.23. The van der Waals surface area contributed by atoms with E-state index in [4.69, 9.17) is 5.73 Å². The third-order valence-electron chi connectivity index (χ3n) is 2.68. The van der Waals surface area contributed by atoms with Gasteiger partial charge in [0.15, 0.2) is 5.82 Å². The summed E-state index contributed by atoms with van der Waals surface area (Å²) in [6, 6.07) is 7.04. The minimum absolute atomic E-state index is 0.295. The van der Waals surface area contributed by atoms with Crippen LogP contribution in [0.15, 0.2) is 24.3 Å². The lowest BCUT2D eigenvalue weighted by Gasteiger charge is -2.19. The van der Waals surface area contributed by atoms with Gasteiger partial charge < -0.3 is 16.4 Å². The molecule has 1 aromatic carbocycles. The zero-order chi connectivity index (χ0) is 15.5. The van der Waals surface area contributed by atoms with Gasteiger partial charge in [0.2, 0.25) is 0 Å². The predicted molar refractivity (Wildman–Crippen MR) is 81.8 cm³/mol. The van der Waals surface area contributed by atoms with Gasteiger partial charge in [0.1, 0.15) is 5.82 Å². The van der Waals surface area contributed by atoms with Gasteiger partial charge in [-0.3, -0.25) is 5.10 Å². The molecule has 0 aliphatic heterocycles. The van der Waals surface area contributed by atoms with Gasteiger partial charge >= 0.3 is 6.03 Å². The number of amides is 2. The van der Waals surface area contributed by atoms with Crippen LogP contribution in [0.25, 0.3) is 11.4 Å². The van der Waals surface area contributed by atoms with Crippen molar-refractivity contribution in [2.75, 3.05) is 11.9 Å². The molecule has 1 heterocycles. The normalized spacial score (nSPS) is 11.2. The van der Waals surface area contributed by atoms with Crippen molar-refractivity contribution < 1.29 is 4.79 Å². The molecule has 21 heavy (non-hydrogen) atoms. The number of hydrogen-bond acceptors (Lipinski definition) is 4. The number of nitrogens with one attached hydrogen (secondary N) is 3. The molecule has 0 saturated carbocycles. The van der Waals surface area contributed by atoms with Crippen molar-refractivity contribution >= 4 is 11.7 Å². The van der Waals surface area contributed by atoms with Crippen molar-refractivity contribution in [3.8, 4) is 11.4 Å². The molecule has 0 bridgehead atoms. The van der Waals surface area contributed by atoms with Crippen LogP contribution in [0.4, 0.5) is 10.5 Å². The molecule has 7 heteroatoms. The van der Waals surface area contributed by atoms with Gasteiger partial charge in [0.25, 0.3) is 0 Å². The van der Waals surface area contributed by atoms with Crippen LogP contribution in [-0.2, 0) is 0 Å². The molecule has 1 aromatic heterocycles. The molecule has 0 aliphatic rings. The number of nitrogens with zero attached hydrogens (tertiary/aromatic N) is 2. The number of carbonyl (C=O) groups is 1. The minimum atomic E-state index is -0.449. The molecule has 0 fully saturated rings. The van der Waals surface area contributed by atoms with Crippen LogP contribution in [0.3, 0.4) is 0 Å². The largest absolute Gasteiger partial charge is 0.336 e. The number of nitrogens with two attached hydrogens (primary N) is 1. The summed E-state index contributed by atoms with van der Waals surface area (Å²) in [4.78, 5) is 16.1. The molecule has 7 nitrogen and oxygen atoms in total. The van der Waals surface area contributed by atoms with Gasteiger partial charge in [-0.1, -0.05) is 12.1 Å². The van der Waals surface area contributed by atoms with Crippen LogP contribution in [0.2, 0.25) is 0 Å². The van der Waals surface area contributed by atoms with Crippen LogP contribution in [0.1, 0.15) is 19.7 Å². The molecule has 0 spiro atoms. The maximum Gasteiger partial charge on any atom is 0.319 e. The van der Waals surface area contributed by atoms with Crippen molar-refractivity contribution in [3.63, 3.8) is 0 Å². The Bertz CT molecular complexity index is 628. The van der Waals surface area contributed by atoms with Gasteiger partial charge in [0, 0.05) is 23.3 Å². The zero-order valence-corrected chi connectivity index (χ0v) is 12.4. The number of anilines is 1. The highest BCUT2D eigenvalue weighted by atomic mass is 16.2. The van der Waals surface area contributed by atoms with Gasteiger partial charge in [-0.15, -0.1) is 0 Å². The van der Waals surface area contributed by atoms with E-state index in [9.17, 15) is 4.79 Å². The monoisotopic (exact) mass is 288 g/mol. The average Bonchev–Trinajstić information content (AvgIpc) is 2.83. The van der Waals surface area contributed by atoms with Crippen LogP contribution in [-0.4, -0.2) is 33.3 Å². The molecule has 0 saturated heterocycles. The summed E-state index contributed by atoms with van der Waals surface area (Å²) in [6.07, 6.45) is 0. The number of aryl methyl sites for hydroxylation is 1. The van der Waals surface area contributed by atoms with E-state index in [1.54, 1.807) is 6.07 Å². The summed E-state index contributed by atoms with van der Waals surface area (Å²) in [6.45, 7) is 5.91. The molecular formula is C14H20N6O. The number of aromatic amines is 1. The Labute approximate surface area is 123 Å². The molecule has 0 radical (unpaired) electrons. The number of H-pyrrole nitrogens is 1. The smallest absolute Gasteiger partial charge is 0.319 e. The molecule has 112 valence electrons. The Hall–Kier alpha value is -2.41. The van der Waals surface area contributed by atoms with Gasteiger partial charge in [-0.25, -0.2) is 9.78 Å². The second-order valence-corrected chi connectivity index (χ2v) is 5.62. The fourth-order valence-corrected chi connectivity index (χ4v) is 1.69. The fraction of sp³-hybridized carbons (Fsp3) is 0.357. The van der Waals surface area contributed by atoms with E-state index >= 15 is 0 Å². The number of benzene rings is 1. The van der Waals surface area contributed by atoms with E-state index in [1.165, 1.54) is 0 Å². The summed E-state index contributed by atoms with van der Waals surface area (Å²) in [5.41, 5.74) is 6.87. The van der Waals surface area contributed by atoms with Crippen molar-refractivity contribution in [2.45, 2.75) is 26.3 Å². The average molecular weight is 288 g/mol. The van der Waals surface area contributed by atoms with Crippen LogP contribution < -0.4 is 16.4 Å². The highest BCUT2D eigenvalue weighted by molar-refractivity contribution is 5.89. The highest BCUT2D eigenvalue weighted by Crippen LogP contribution is 2.19. The van der Waals surface area contributed by atoms with Gasteiger partial charge in [0.05, 0.1) is 0 Å². The molecule has 0 atom stereocenters. The molecule has 5 N–H and O–H groups in total. The predicted octanol–water partition coefficient (Wildman–Crippen LogP) is 1.64. The number of urea groups is 1. The van der Waals surface area contributed by atoms with E-state index in [0.29, 0.717) is 18.1 Å². The van der Waals surface area contributed by atoms with Crippen molar-refractivity contribution in [1.29, 1.82) is 0 Å². The SMILES string of the molecule is Cc1nc(-c2cccc(NC(=O)NCC(C)(C)N)c2)n[nH]1. The number of rotatable bonds is 4. The molecule has 2 rings (SSSR count). The van der Waals surface area contributed by atoms with Crippen molar-refractivity contribution in [2.24, 2.45) is 5.73 Å². The Morgan fingerprint density at radius 2 is 2.19 bits per heavy atom. The third-order valence-corrected chi connectivity index (χ3v) is 2.68. The molecule has 0 aliphatic carbocycles. The summed E-state index contributed by atoms with van der Waals surface area (Å²) in [5.74, 6) is 1.34. The molecule has 0 unspecified atom stereocenters. The summed E-state index contributed by atoms with van der Waals surface area (Å²) >= 11 is 0. The van der Waals surface area contributed by atoms with Gasteiger partial charge in [-0.2, -0.15) is 5.10 Å². The minimum Gasteiger partial charge on any atom is -0.336 e. The van der Waals surface area contributed by atoms with Gasteiger partial charge in [-0.05, 0) is 32.9 Å². The number of aromatic nitrogens is 3. The first-order valence-corrected chi connectivity index (χ1v) is 6.67. The molecular weight excluding hydrogens is 268 g/mol. The lowest BCUT2D eigenvalue weighted by Crippen LogP contribution is -2.46. The Balaban J connectivity index is 2.03. The summed E-state index contributed by atoms with van der Waals surface area (Å²) < 4.78 is 0. The second kappa shape index (κ2) is 5.92. The lowest BCUT2D eigenvalue weighted by molar-refractivity contribution is 0.250. The fourth-order valence-electron chi connectivity index (χ4n) is 1.69. The van der Waals surface area contributed by atoms with Crippen LogP contribution in [0.5, 0.6) is 0 Å². The van der Waals surface area contributed by atoms with E-state index in [1.807, 2.05) is 39.0 Å². The zero-order valence-electron chi connectivity index (χ0n) is 12.4. The quantitative estimate of drug-likeness (QED) is 0.685. The van der Waals surface area contributed by atoms with Crippen LogP contribution in [0, 0.1) is 6.92 Å². The number of carbonyl (C=O) groups excluding carboxylic acids is 1. The Morgan fingerprint density at radius 3 is 2.81 bits per heavy atom. The summed E-state index contributed by atoms with van der Waals surface area (Å²) in [5, 5.41) is 12.4. The first-order chi connectivity index (χ1) is 9.83. The number of hydrogen-bond donors (Lipinski definition) is 4. The Morgan fingerprint density at radius 1 is 1.43 bits per heavy atom. The molecule has 2 aromatic rings. The maximum absolute atomic E-state index is 11.8. The maximum atomic E-state index is 11.8. The second-order valence-electron chi connectivity index (χ2n) is 5.62. The highest BCUT2D eigenvalue weighted by Gasteiger charge is 2.12. The van der Waals surface area contributed by atoms with Crippen LogP contribution >= 0.6 is 0 Å². The standard InChI is InChI=1S/C14H20N6O/c1-9-17-12(20-19-9)10-5-4-6-11(7-10)18-13(21)16-8-14(2,3)15/h4-7H,8,15H2,1-3H3,(H2,16,18,21)(H,17,19,20). The molecule has 2 amide bonds.